The largest absolute Gasteiger partial charge is 0.481 e. The molecule has 0 aliphatic rings. The molecule has 166 valence electrons. The van der Waals surface area contributed by atoms with E-state index in [9.17, 15) is 29.1 Å². The minimum atomic E-state index is -1.43. The Bertz CT molecular complexity index is 612. The molecule has 12 heteroatoms. The van der Waals surface area contributed by atoms with Crippen molar-refractivity contribution >= 4 is 29.7 Å². The lowest BCUT2D eigenvalue weighted by molar-refractivity contribution is -0.143. The maximum Gasteiger partial charge on any atom is 0.326 e. The molecule has 0 aliphatic heterocycles. The molecule has 0 radical (unpaired) electrons. The Morgan fingerprint density at radius 2 is 1.52 bits per heavy atom. The molecule has 0 heterocycles. The molecule has 0 saturated heterocycles. The fourth-order valence-corrected chi connectivity index (χ4v) is 2.24. The van der Waals surface area contributed by atoms with Crippen LogP contribution in [0.4, 0.5) is 0 Å². The van der Waals surface area contributed by atoms with E-state index in [1.807, 2.05) is 0 Å². The second kappa shape index (κ2) is 12.7. The van der Waals surface area contributed by atoms with Gasteiger partial charge in [-0.15, -0.1) is 0 Å². The van der Waals surface area contributed by atoms with E-state index in [1.165, 1.54) is 6.92 Å². The van der Waals surface area contributed by atoms with Crippen LogP contribution >= 0.6 is 0 Å². The first kappa shape index (κ1) is 26.3. The number of carbonyl (C=O) groups is 5. The van der Waals surface area contributed by atoms with Gasteiger partial charge in [-0.2, -0.15) is 0 Å². The molecule has 5 unspecified atom stereocenters. The van der Waals surface area contributed by atoms with Gasteiger partial charge in [0.25, 0.3) is 0 Å². The van der Waals surface area contributed by atoms with Gasteiger partial charge in [0.1, 0.15) is 24.2 Å². The van der Waals surface area contributed by atoms with Gasteiger partial charge in [-0.3, -0.25) is 19.2 Å². The second-order valence-corrected chi connectivity index (χ2v) is 6.72. The monoisotopic (exact) mass is 418 g/mol. The highest BCUT2D eigenvalue weighted by Crippen LogP contribution is 2.10. The van der Waals surface area contributed by atoms with Gasteiger partial charge in [-0.25, -0.2) is 4.79 Å². The Balaban J connectivity index is 5.16. The van der Waals surface area contributed by atoms with E-state index in [0.29, 0.717) is 6.42 Å². The summed E-state index contributed by atoms with van der Waals surface area (Å²) >= 11 is 0. The van der Waals surface area contributed by atoms with Crippen LogP contribution in [0.2, 0.25) is 0 Å². The highest BCUT2D eigenvalue weighted by atomic mass is 16.4. The lowest BCUT2D eigenvalue weighted by Gasteiger charge is -2.27. The zero-order chi connectivity index (χ0) is 22.7. The molecule has 8 N–H and O–H groups in total. The van der Waals surface area contributed by atoms with Crippen molar-refractivity contribution in [1.82, 2.24) is 16.0 Å². The number of carboxylic acids is 2. The fraction of sp³-hybridized carbons (Fsp3) is 0.706. The maximum absolute atomic E-state index is 12.6. The minimum absolute atomic E-state index is 0.316. The molecule has 29 heavy (non-hydrogen) atoms. The molecule has 0 aromatic heterocycles. The number of rotatable bonds is 13. The van der Waals surface area contributed by atoms with Crippen molar-refractivity contribution in [1.29, 1.82) is 0 Å². The molecule has 0 rings (SSSR count). The van der Waals surface area contributed by atoms with E-state index >= 15 is 0 Å². The molecule has 12 nitrogen and oxygen atoms in total. The summed E-state index contributed by atoms with van der Waals surface area (Å²) in [7, 11) is 0. The van der Waals surface area contributed by atoms with Crippen LogP contribution in [0.25, 0.3) is 0 Å². The Morgan fingerprint density at radius 1 is 0.931 bits per heavy atom. The zero-order valence-electron chi connectivity index (χ0n) is 16.7. The van der Waals surface area contributed by atoms with Gasteiger partial charge in [0.05, 0.1) is 6.61 Å². The normalized spacial score (nSPS) is 15.9. The van der Waals surface area contributed by atoms with Crippen molar-refractivity contribution in [3.05, 3.63) is 0 Å². The third-order valence-corrected chi connectivity index (χ3v) is 4.34. The summed E-state index contributed by atoms with van der Waals surface area (Å²) in [4.78, 5) is 58.5. The van der Waals surface area contributed by atoms with E-state index in [0.717, 1.165) is 0 Å². The van der Waals surface area contributed by atoms with Gasteiger partial charge in [0.2, 0.25) is 17.7 Å². The van der Waals surface area contributed by atoms with Crippen molar-refractivity contribution in [2.45, 2.75) is 64.2 Å². The summed E-state index contributed by atoms with van der Waals surface area (Å²) < 4.78 is 0. The van der Waals surface area contributed by atoms with Crippen LogP contribution in [0.15, 0.2) is 0 Å². The van der Waals surface area contributed by atoms with Crippen molar-refractivity contribution in [3.63, 3.8) is 0 Å². The average Bonchev–Trinajstić information content (AvgIpc) is 2.66. The Hall–Kier alpha value is -2.73. The first-order valence-electron chi connectivity index (χ1n) is 9.16. The van der Waals surface area contributed by atoms with E-state index in [1.54, 1.807) is 13.8 Å². The molecular formula is C17H30N4O8. The average molecular weight is 418 g/mol. The SMILES string of the molecule is CCC(C)C(NC(=O)C(C)NC(=O)C(N)CO)C(=O)NC(CCC(=O)O)C(=O)O. The predicted molar refractivity (Wildman–Crippen MR) is 100 cm³/mol. The second-order valence-electron chi connectivity index (χ2n) is 6.72. The summed E-state index contributed by atoms with van der Waals surface area (Å²) in [6, 6.07) is -4.81. The summed E-state index contributed by atoms with van der Waals surface area (Å²) in [6.07, 6.45) is -0.295. The summed E-state index contributed by atoms with van der Waals surface area (Å²) in [5.74, 6) is -5.22. The number of aliphatic carboxylic acids is 2. The number of hydrogen-bond donors (Lipinski definition) is 7. The Morgan fingerprint density at radius 3 is 1.97 bits per heavy atom. The lowest BCUT2D eigenvalue weighted by atomic mass is 9.97. The zero-order valence-corrected chi connectivity index (χ0v) is 16.7. The van der Waals surface area contributed by atoms with Crippen LogP contribution in [-0.4, -0.2) is 75.8 Å². The predicted octanol–water partition coefficient (Wildman–Crippen LogP) is -2.22. The number of nitrogens with one attached hydrogen (secondary N) is 3. The third-order valence-electron chi connectivity index (χ3n) is 4.34. The standard InChI is InChI=1S/C17H30N4O8/c1-4-8(2)13(16(27)20-11(17(28)29)5-6-12(23)24)21-14(25)9(3)19-15(26)10(18)7-22/h8-11,13,22H,4-7,18H2,1-3H3,(H,19,26)(H,20,27)(H,21,25)(H,23,24)(H,28,29). The van der Waals surface area contributed by atoms with Gasteiger partial charge in [0.15, 0.2) is 0 Å². The molecule has 3 amide bonds. The molecule has 0 bridgehead atoms. The first-order chi connectivity index (χ1) is 13.4. The summed E-state index contributed by atoms with van der Waals surface area (Å²) in [5.41, 5.74) is 5.36. The highest BCUT2D eigenvalue weighted by Gasteiger charge is 2.31. The number of amides is 3. The van der Waals surface area contributed by atoms with E-state index in [2.05, 4.69) is 16.0 Å². The van der Waals surface area contributed by atoms with Crippen molar-refractivity contribution in [2.75, 3.05) is 6.61 Å². The van der Waals surface area contributed by atoms with Crippen LogP contribution < -0.4 is 21.7 Å². The van der Waals surface area contributed by atoms with Crippen LogP contribution in [0, 0.1) is 5.92 Å². The topological polar surface area (TPSA) is 208 Å². The molecule has 0 aromatic rings. The molecule has 0 saturated carbocycles. The molecule has 5 atom stereocenters. The quantitative estimate of drug-likeness (QED) is 0.172. The summed E-state index contributed by atoms with van der Waals surface area (Å²) in [6.45, 7) is 4.19. The minimum Gasteiger partial charge on any atom is -0.481 e. The Kier molecular flexibility index (Phi) is 11.5. The van der Waals surface area contributed by atoms with Gasteiger partial charge in [-0.05, 0) is 19.3 Å². The van der Waals surface area contributed by atoms with E-state index in [-0.39, 0.29) is 12.3 Å². The van der Waals surface area contributed by atoms with Gasteiger partial charge >= 0.3 is 11.9 Å². The summed E-state index contributed by atoms with van der Waals surface area (Å²) in [5, 5.41) is 33.7. The fourth-order valence-electron chi connectivity index (χ4n) is 2.24. The number of carboxylic acid groups (broad SMARTS) is 2. The maximum atomic E-state index is 12.6. The van der Waals surface area contributed by atoms with Crippen molar-refractivity contribution in [3.8, 4) is 0 Å². The number of nitrogens with two attached hydrogens (primary N) is 1. The first-order valence-corrected chi connectivity index (χ1v) is 9.16. The van der Waals surface area contributed by atoms with Crippen LogP contribution in [0.3, 0.4) is 0 Å². The van der Waals surface area contributed by atoms with Crippen molar-refractivity contribution in [2.24, 2.45) is 11.7 Å². The molecule has 0 spiro atoms. The van der Waals surface area contributed by atoms with Crippen LogP contribution in [-0.2, 0) is 24.0 Å². The molecule has 0 aliphatic carbocycles. The van der Waals surface area contributed by atoms with Gasteiger partial charge in [0, 0.05) is 6.42 Å². The number of aliphatic hydroxyl groups excluding tert-OH is 1. The molecular weight excluding hydrogens is 388 g/mol. The van der Waals surface area contributed by atoms with Gasteiger partial charge in [-0.1, -0.05) is 20.3 Å². The van der Waals surface area contributed by atoms with Crippen LogP contribution in [0.5, 0.6) is 0 Å². The van der Waals surface area contributed by atoms with Crippen LogP contribution in [0.1, 0.15) is 40.0 Å². The smallest absolute Gasteiger partial charge is 0.326 e. The molecule has 0 fully saturated rings. The van der Waals surface area contributed by atoms with Crippen molar-refractivity contribution < 1.29 is 39.3 Å². The third kappa shape index (κ3) is 9.34. The molecule has 0 aromatic carbocycles. The van der Waals surface area contributed by atoms with E-state index < -0.39 is 66.9 Å². The number of aliphatic hydroxyl groups is 1. The van der Waals surface area contributed by atoms with Gasteiger partial charge < -0.3 is 37.0 Å². The number of carbonyl (C=O) groups excluding carboxylic acids is 3. The highest BCUT2D eigenvalue weighted by molar-refractivity contribution is 5.94. The number of hydrogen-bond acceptors (Lipinski definition) is 7. The van der Waals surface area contributed by atoms with E-state index in [4.69, 9.17) is 15.9 Å². The lowest BCUT2D eigenvalue weighted by Crippen LogP contribution is -2.58. The Labute approximate surface area is 168 Å².